The van der Waals surface area contributed by atoms with E-state index >= 15 is 0 Å². The Morgan fingerprint density at radius 2 is 2.39 bits per heavy atom. The molecular formula is C12H17N5O. The fourth-order valence-electron chi connectivity index (χ4n) is 2.00. The summed E-state index contributed by atoms with van der Waals surface area (Å²) < 4.78 is 1.85. The summed E-state index contributed by atoms with van der Waals surface area (Å²) in [6.07, 6.45) is 6.97. The van der Waals surface area contributed by atoms with Crippen LogP contribution in [0, 0.1) is 0 Å². The van der Waals surface area contributed by atoms with Gasteiger partial charge < -0.3 is 5.32 Å². The SMILES string of the molecule is CCCn1cc(C2N=C(NC3CC3)NC2=O)cn1. The molecule has 3 rings (SSSR count). The van der Waals surface area contributed by atoms with Gasteiger partial charge in [0.25, 0.3) is 5.91 Å². The summed E-state index contributed by atoms with van der Waals surface area (Å²) in [5, 5.41) is 10.2. The molecule has 96 valence electrons. The van der Waals surface area contributed by atoms with Crippen LogP contribution in [0.4, 0.5) is 0 Å². The lowest BCUT2D eigenvalue weighted by atomic mass is 10.2. The van der Waals surface area contributed by atoms with Crippen molar-refractivity contribution in [2.24, 2.45) is 4.99 Å². The number of nitrogens with zero attached hydrogens (tertiary/aromatic N) is 3. The Morgan fingerprint density at radius 1 is 1.56 bits per heavy atom. The predicted molar refractivity (Wildman–Crippen MR) is 67.0 cm³/mol. The number of rotatable bonds is 4. The Morgan fingerprint density at radius 3 is 3.11 bits per heavy atom. The van der Waals surface area contributed by atoms with E-state index in [9.17, 15) is 4.79 Å². The number of amides is 1. The van der Waals surface area contributed by atoms with E-state index in [0.29, 0.717) is 12.0 Å². The third-order valence-electron chi connectivity index (χ3n) is 3.09. The van der Waals surface area contributed by atoms with E-state index < -0.39 is 6.04 Å². The van der Waals surface area contributed by atoms with Gasteiger partial charge in [-0.3, -0.25) is 14.8 Å². The zero-order valence-corrected chi connectivity index (χ0v) is 10.4. The van der Waals surface area contributed by atoms with Crippen LogP contribution in [0.15, 0.2) is 17.4 Å². The summed E-state index contributed by atoms with van der Waals surface area (Å²) in [6.45, 7) is 2.96. The summed E-state index contributed by atoms with van der Waals surface area (Å²) in [4.78, 5) is 16.2. The number of hydrogen-bond acceptors (Lipinski definition) is 4. The predicted octanol–water partition coefficient (Wildman–Crippen LogP) is 0.572. The third-order valence-corrected chi connectivity index (χ3v) is 3.09. The van der Waals surface area contributed by atoms with Gasteiger partial charge in [0.1, 0.15) is 0 Å². The molecule has 6 nitrogen and oxygen atoms in total. The number of carbonyl (C=O) groups excluding carboxylic acids is 1. The summed E-state index contributed by atoms with van der Waals surface area (Å²) in [5.74, 6) is 0.532. The molecule has 0 aromatic carbocycles. The van der Waals surface area contributed by atoms with E-state index in [4.69, 9.17) is 0 Å². The Hall–Kier alpha value is -1.85. The van der Waals surface area contributed by atoms with Gasteiger partial charge in [-0.25, -0.2) is 4.99 Å². The van der Waals surface area contributed by atoms with Gasteiger partial charge in [-0.05, 0) is 19.3 Å². The van der Waals surface area contributed by atoms with Crippen molar-refractivity contribution in [2.45, 2.75) is 44.8 Å². The number of aromatic nitrogens is 2. The highest BCUT2D eigenvalue weighted by Crippen LogP contribution is 2.23. The molecule has 1 fully saturated rings. The standard InChI is InChI=1S/C12H17N5O/c1-2-5-17-7-8(6-13-17)10-11(18)16-12(15-10)14-9-3-4-9/h6-7,9-10H,2-5H2,1H3,(H2,14,15,16,18). The third kappa shape index (κ3) is 2.23. The molecule has 2 heterocycles. The van der Waals surface area contributed by atoms with E-state index in [2.05, 4.69) is 27.6 Å². The van der Waals surface area contributed by atoms with Gasteiger partial charge in [0.2, 0.25) is 0 Å². The van der Waals surface area contributed by atoms with Crippen molar-refractivity contribution in [1.29, 1.82) is 0 Å². The normalized spacial score (nSPS) is 22.8. The number of aryl methyl sites for hydroxylation is 1. The van der Waals surface area contributed by atoms with Gasteiger partial charge in [-0.1, -0.05) is 6.92 Å². The second kappa shape index (κ2) is 4.44. The first-order chi connectivity index (χ1) is 8.76. The van der Waals surface area contributed by atoms with Gasteiger partial charge in [0.15, 0.2) is 12.0 Å². The Bertz CT molecular complexity index is 488. The number of hydrogen-bond donors (Lipinski definition) is 2. The minimum Gasteiger partial charge on any atom is -0.353 e. The molecule has 0 radical (unpaired) electrons. The van der Waals surface area contributed by atoms with Crippen LogP contribution in [-0.4, -0.2) is 27.7 Å². The second-order valence-corrected chi connectivity index (χ2v) is 4.82. The zero-order valence-electron chi connectivity index (χ0n) is 10.4. The number of aliphatic imine (C=N–C) groups is 1. The highest BCUT2D eigenvalue weighted by Gasteiger charge is 2.31. The van der Waals surface area contributed by atoms with Crippen LogP contribution < -0.4 is 10.6 Å². The summed E-state index contributed by atoms with van der Waals surface area (Å²) in [5.41, 5.74) is 0.855. The molecule has 0 bridgehead atoms. The quantitative estimate of drug-likeness (QED) is 0.817. The summed E-state index contributed by atoms with van der Waals surface area (Å²) in [6, 6.07) is 0.0440. The van der Waals surface area contributed by atoms with Gasteiger partial charge in [0.05, 0.1) is 6.20 Å². The fraction of sp³-hybridized carbons (Fsp3) is 0.583. The van der Waals surface area contributed by atoms with E-state index in [0.717, 1.165) is 31.4 Å². The molecule has 1 atom stereocenters. The lowest BCUT2D eigenvalue weighted by Gasteiger charge is -2.01. The molecule has 1 amide bonds. The van der Waals surface area contributed by atoms with Crippen molar-refractivity contribution in [3.8, 4) is 0 Å². The van der Waals surface area contributed by atoms with Gasteiger partial charge in [-0.15, -0.1) is 0 Å². The summed E-state index contributed by atoms with van der Waals surface area (Å²) >= 11 is 0. The average molecular weight is 247 g/mol. The average Bonchev–Trinajstić information content (AvgIpc) is 2.89. The van der Waals surface area contributed by atoms with Crippen molar-refractivity contribution >= 4 is 11.9 Å². The molecule has 18 heavy (non-hydrogen) atoms. The minimum absolute atomic E-state index is 0.0748. The molecule has 1 aliphatic heterocycles. The van der Waals surface area contributed by atoms with Crippen LogP contribution in [0.1, 0.15) is 37.8 Å². The first-order valence-electron chi connectivity index (χ1n) is 6.44. The second-order valence-electron chi connectivity index (χ2n) is 4.82. The molecule has 2 N–H and O–H groups in total. The Kier molecular flexibility index (Phi) is 2.77. The molecule has 0 spiro atoms. The first kappa shape index (κ1) is 11.3. The molecular weight excluding hydrogens is 230 g/mol. The van der Waals surface area contributed by atoms with Crippen LogP contribution >= 0.6 is 0 Å². The fourth-order valence-corrected chi connectivity index (χ4v) is 2.00. The van der Waals surface area contributed by atoms with Crippen LogP contribution in [0.25, 0.3) is 0 Å². The van der Waals surface area contributed by atoms with Gasteiger partial charge in [-0.2, -0.15) is 5.10 Å². The molecule has 1 aromatic rings. The molecule has 2 aliphatic rings. The highest BCUT2D eigenvalue weighted by molar-refractivity contribution is 6.05. The van der Waals surface area contributed by atoms with Crippen LogP contribution in [0.3, 0.4) is 0 Å². The van der Waals surface area contributed by atoms with Crippen LogP contribution in [0.2, 0.25) is 0 Å². The zero-order chi connectivity index (χ0) is 12.5. The van der Waals surface area contributed by atoms with E-state index in [1.165, 1.54) is 0 Å². The number of nitrogens with one attached hydrogen (secondary N) is 2. The van der Waals surface area contributed by atoms with Crippen molar-refractivity contribution in [2.75, 3.05) is 0 Å². The first-order valence-corrected chi connectivity index (χ1v) is 6.44. The van der Waals surface area contributed by atoms with Gasteiger partial charge in [0, 0.05) is 24.3 Å². The molecule has 6 heteroatoms. The maximum atomic E-state index is 11.9. The van der Waals surface area contributed by atoms with Crippen molar-refractivity contribution < 1.29 is 4.79 Å². The smallest absolute Gasteiger partial charge is 0.256 e. The minimum atomic E-state index is -0.447. The highest BCUT2D eigenvalue weighted by atomic mass is 16.2. The van der Waals surface area contributed by atoms with Crippen molar-refractivity contribution in [3.63, 3.8) is 0 Å². The maximum absolute atomic E-state index is 11.9. The van der Waals surface area contributed by atoms with Gasteiger partial charge >= 0.3 is 0 Å². The maximum Gasteiger partial charge on any atom is 0.256 e. The Balaban J connectivity index is 1.73. The topological polar surface area (TPSA) is 71.3 Å². The monoisotopic (exact) mass is 247 g/mol. The lowest BCUT2D eigenvalue weighted by molar-refractivity contribution is -0.120. The largest absolute Gasteiger partial charge is 0.353 e. The molecule has 1 unspecified atom stereocenters. The van der Waals surface area contributed by atoms with E-state index in [1.54, 1.807) is 6.20 Å². The lowest BCUT2D eigenvalue weighted by Crippen LogP contribution is -2.37. The molecule has 1 aromatic heterocycles. The van der Waals surface area contributed by atoms with Crippen LogP contribution in [-0.2, 0) is 11.3 Å². The molecule has 0 saturated heterocycles. The number of carbonyl (C=O) groups is 1. The van der Waals surface area contributed by atoms with Crippen molar-refractivity contribution in [3.05, 3.63) is 18.0 Å². The van der Waals surface area contributed by atoms with Crippen LogP contribution in [0.5, 0.6) is 0 Å². The molecule has 1 aliphatic carbocycles. The molecule has 1 saturated carbocycles. The van der Waals surface area contributed by atoms with Crippen molar-refractivity contribution in [1.82, 2.24) is 20.4 Å². The Labute approximate surface area is 105 Å². The van der Waals surface area contributed by atoms with E-state index in [-0.39, 0.29) is 5.91 Å². The van der Waals surface area contributed by atoms with E-state index in [1.807, 2.05) is 10.9 Å². The number of guanidine groups is 1. The summed E-state index contributed by atoms with van der Waals surface area (Å²) in [7, 11) is 0.